The summed E-state index contributed by atoms with van der Waals surface area (Å²) in [6, 6.07) is 0. The molecule has 0 saturated carbocycles. The Kier molecular flexibility index (Phi) is 2.98. The summed E-state index contributed by atoms with van der Waals surface area (Å²) in [4.78, 5) is 10.8. The van der Waals surface area contributed by atoms with Crippen LogP contribution in [0, 0.1) is 0 Å². The van der Waals surface area contributed by atoms with Gasteiger partial charge in [-0.05, 0) is 27.4 Å². The zero-order valence-corrected chi connectivity index (χ0v) is 8.87. The Labute approximate surface area is 84.1 Å². The van der Waals surface area contributed by atoms with Gasteiger partial charge in [0.25, 0.3) is 0 Å². The third-order valence-corrected chi connectivity index (χ3v) is 2.23. The van der Waals surface area contributed by atoms with Crippen molar-refractivity contribution in [2.75, 3.05) is 0 Å². The van der Waals surface area contributed by atoms with Gasteiger partial charge >= 0.3 is 5.97 Å². The van der Waals surface area contributed by atoms with Gasteiger partial charge in [-0.3, -0.25) is 0 Å². The van der Waals surface area contributed by atoms with Gasteiger partial charge in [0.2, 0.25) is 0 Å². The van der Waals surface area contributed by atoms with Crippen molar-refractivity contribution in [3.8, 4) is 0 Å². The molecule has 0 amide bonds. The zero-order chi connectivity index (χ0) is 10.0. The second-order valence-corrected chi connectivity index (χ2v) is 3.68. The molecule has 0 aliphatic carbocycles. The third kappa shape index (κ3) is 2.03. The highest BCUT2D eigenvalue weighted by Crippen LogP contribution is 2.23. The average molecular weight is 245 g/mol. The van der Waals surface area contributed by atoms with Gasteiger partial charge in [-0.25, -0.2) is 4.79 Å². The molecule has 0 unspecified atom stereocenters. The number of carbonyl (C=O) groups is 1. The lowest BCUT2D eigenvalue weighted by Crippen LogP contribution is -2.07. The lowest BCUT2D eigenvalue weighted by Gasteiger charge is -2.08. The fourth-order valence-corrected chi connectivity index (χ4v) is 1.51. The van der Waals surface area contributed by atoms with Crippen LogP contribution in [0.15, 0.2) is 10.8 Å². The molecule has 0 aliphatic rings. The average Bonchev–Trinajstić information content (AvgIpc) is 2.02. The fraction of sp³-hybridized carbons (Fsp3) is 0.375. The van der Waals surface area contributed by atoms with Crippen LogP contribution in [0.2, 0.25) is 0 Å². The Bertz CT molecular complexity index is 339. The second-order valence-electron chi connectivity index (χ2n) is 2.93. The predicted octanol–water partition coefficient (Wildman–Crippen LogP) is 2.06. The van der Waals surface area contributed by atoms with Gasteiger partial charge in [-0.15, -0.1) is 5.10 Å². The van der Waals surface area contributed by atoms with E-state index in [4.69, 9.17) is 5.11 Å². The zero-order valence-electron chi connectivity index (χ0n) is 7.28. The molecule has 70 valence electrons. The summed E-state index contributed by atoms with van der Waals surface area (Å²) < 4.78 is 0.284. The first-order valence-corrected chi connectivity index (χ1v) is 4.57. The molecule has 0 fully saturated rings. The number of nitrogens with zero attached hydrogens (tertiary/aromatic N) is 2. The van der Waals surface area contributed by atoms with Crippen LogP contribution in [0.1, 0.15) is 35.7 Å². The molecular weight excluding hydrogens is 236 g/mol. The smallest absolute Gasteiger partial charge is 0.338 e. The monoisotopic (exact) mass is 244 g/mol. The number of aromatic carboxylic acids is 1. The first-order valence-electron chi connectivity index (χ1n) is 3.78. The van der Waals surface area contributed by atoms with Crippen molar-refractivity contribution in [3.05, 3.63) is 21.9 Å². The van der Waals surface area contributed by atoms with Gasteiger partial charge in [0.1, 0.15) is 4.60 Å². The molecule has 1 aromatic heterocycles. The van der Waals surface area contributed by atoms with Crippen LogP contribution in [0.5, 0.6) is 0 Å². The summed E-state index contributed by atoms with van der Waals surface area (Å²) in [7, 11) is 0. The largest absolute Gasteiger partial charge is 0.478 e. The van der Waals surface area contributed by atoms with Crippen LogP contribution in [0.4, 0.5) is 0 Å². The number of hydrogen-bond acceptors (Lipinski definition) is 3. The van der Waals surface area contributed by atoms with E-state index in [2.05, 4.69) is 26.1 Å². The van der Waals surface area contributed by atoms with E-state index in [0.717, 1.165) is 0 Å². The summed E-state index contributed by atoms with van der Waals surface area (Å²) in [5.74, 6) is -0.858. The first kappa shape index (κ1) is 10.1. The van der Waals surface area contributed by atoms with Gasteiger partial charge in [-0.2, -0.15) is 5.10 Å². The van der Waals surface area contributed by atoms with Gasteiger partial charge < -0.3 is 5.11 Å². The van der Waals surface area contributed by atoms with Crippen molar-refractivity contribution < 1.29 is 9.90 Å². The molecule has 5 heteroatoms. The fourth-order valence-electron chi connectivity index (χ4n) is 1.02. The Balaban J connectivity index is 3.34. The molecule has 0 aromatic carbocycles. The molecule has 1 rings (SSSR count). The highest BCUT2D eigenvalue weighted by atomic mass is 79.9. The topological polar surface area (TPSA) is 63.1 Å². The van der Waals surface area contributed by atoms with E-state index >= 15 is 0 Å². The Hall–Kier alpha value is -0.970. The van der Waals surface area contributed by atoms with E-state index in [-0.39, 0.29) is 16.1 Å². The standard InChI is InChI=1S/C8H9BrN2O2/c1-4(2)5-3-10-11-7(9)6(5)8(12)13/h3-4H,1-2H3,(H,12,13). The number of carboxylic acids is 1. The molecule has 13 heavy (non-hydrogen) atoms. The third-order valence-electron chi connectivity index (χ3n) is 1.67. The van der Waals surface area contributed by atoms with Crippen LogP contribution in [0.25, 0.3) is 0 Å². The van der Waals surface area contributed by atoms with E-state index < -0.39 is 5.97 Å². The van der Waals surface area contributed by atoms with Crippen molar-refractivity contribution >= 4 is 21.9 Å². The number of halogens is 1. The molecule has 1 heterocycles. The van der Waals surface area contributed by atoms with Crippen LogP contribution in [-0.2, 0) is 0 Å². The van der Waals surface area contributed by atoms with Gasteiger partial charge in [-0.1, -0.05) is 13.8 Å². The van der Waals surface area contributed by atoms with Crippen LogP contribution in [-0.4, -0.2) is 21.3 Å². The van der Waals surface area contributed by atoms with Crippen molar-refractivity contribution in [1.29, 1.82) is 0 Å². The molecule has 0 atom stereocenters. The minimum Gasteiger partial charge on any atom is -0.478 e. The summed E-state index contributed by atoms with van der Waals surface area (Å²) >= 11 is 3.06. The normalized spacial score (nSPS) is 10.5. The molecule has 0 aliphatic heterocycles. The highest BCUT2D eigenvalue weighted by Gasteiger charge is 2.17. The van der Waals surface area contributed by atoms with Crippen molar-refractivity contribution in [2.24, 2.45) is 0 Å². The first-order chi connectivity index (χ1) is 6.04. The maximum Gasteiger partial charge on any atom is 0.338 e. The summed E-state index contributed by atoms with van der Waals surface area (Å²) in [6.45, 7) is 3.83. The van der Waals surface area contributed by atoms with Crippen LogP contribution in [0.3, 0.4) is 0 Å². The van der Waals surface area contributed by atoms with Crippen molar-refractivity contribution in [3.63, 3.8) is 0 Å². The van der Waals surface area contributed by atoms with Gasteiger partial charge in [0.15, 0.2) is 0 Å². The summed E-state index contributed by atoms with van der Waals surface area (Å²) in [5.41, 5.74) is 0.888. The Morgan fingerprint density at radius 3 is 2.62 bits per heavy atom. The Morgan fingerprint density at radius 2 is 2.23 bits per heavy atom. The molecule has 0 radical (unpaired) electrons. The molecular formula is C8H9BrN2O2. The van der Waals surface area contributed by atoms with Crippen LogP contribution >= 0.6 is 15.9 Å². The van der Waals surface area contributed by atoms with Crippen LogP contribution < -0.4 is 0 Å². The number of rotatable bonds is 2. The molecule has 0 spiro atoms. The van der Waals surface area contributed by atoms with E-state index in [9.17, 15) is 4.79 Å². The van der Waals surface area contributed by atoms with E-state index in [1.54, 1.807) is 0 Å². The van der Waals surface area contributed by atoms with Gasteiger partial charge in [0.05, 0.1) is 11.8 Å². The minimum absolute atomic E-state index is 0.123. The van der Waals surface area contributed by atoms with E-state index in [1.165, 1.54) is 6.20 Å². The quantitative estimate of drug-likeness (QED) is 0.866. The minimum atomic E-state index is -0.981. The maximum atomic E-state index is 10.8. The molecule has 1 aromatic rings. The molecule has 0 saturated heterocycles. The predicted molar refractivity (Wildman–Crippen MR) is 50.8 cm³/mol. The highest BCUT2D eigenvalue weighted by molar-refractivity contribution is 9.10. The van der Waals surface area contributed by atoms with Crippen molar-refractivity contribution in [2.45, 2.75) is 19.8 Å². The summed E-state index contributed by atoms with van der Waals surface area (Å²) in [6.07, 6.45) is 1.48. The van der Waals surface area contributed by atoms with E-state index in [1.807, 2.05) is 13.8 Å². The second kappa shape index (κ2) is 3.83. The number of aromatic nitrogens is 2. The molecule has 0 bridgehead atoms. The summed E-state index contributed by atoms with van der Waals surface area (Å²) in [5, 5.41) is 16.2. The maximum absolute atomic E-state index is 10.8. The number of hydrogen-bond donors (Lipinski definition) is 1. The number of carboxylic acid groups (broad SMARTS) is 1. The van der Waals surface area contributed by atoms with Crippen molar-refractivity contribution in [1.82, 2.24) is 10.2 Å². The van der Waals surface area contributed by atoms with E-state index in [0.29, 0.717) is 5.56 Å². The molecule has 1 N–H and O–H groups in total. The lowest BCUT2D eigenvalue weighted by atomic mass is 10.0. The molecule has 4 nitrogen and oxygen atoms in total. The Morgan fingerprint density at radius 1 is 1.62 bits per heavy atom. The van der Waals surface area contributed by atoms with Gasteiger partial charge in [0, 0.05) is 0 Å². The SMILES string of the molecule is CC(C)c1cnnc(Br)c1C(=O)O. The lowest BCUT2D eigenvalue weighted by molar-refractivity contribution is 0.0693.